The van der Waals surface area contributed by atoms with Gasteiger partial charge in [-0.3, -0.25) is 0 Å². The highest BCUT2D eigenvalue weighted by molar-refractivity contribution is 5.86. The Kier molecular flexibility index (Phi) is 16.7. The molecule has 1 N–H and O–H groups in total. The first-order valence-electron chi connectivity index (χ1n) is 19.6. The molecule has 0 aromatic heterocycles. The lowest BCUT2D eigenvalue weighted by molar-refractivity contribution is -0.143. The number of ether oxygens (including phenoxy) is 3. The lowest BCUT2D eigenvalue weighted by Crippen LogP contribution is -2.33. The van der Waals surface area contributed by atoms with Crippen LogP contribution in [0, 0.1) is 53.3 Å². The van der Waals surface area contributed by atoms with Crippen LogP contribution in [0.3, 0.4) is 0 Å². The number of carbonyl (C=O) groups excluding carboxylic acids is 1. The third kappa shape index (κ3) is 12.1. The van der Waals surface area contributed by atoms with Crippen LogP contribution in [-0.4, -0.2) is 44.3 Å². The minimum atomic E-state index is -0.320. The number of aliphatic hydroxyl groups excluding tert-OH is 1. The van der Waals surface area contributed by atoms with Crippen LogP contribution in [0.15, 0.2) is 24.3 Å². The zero-order valence-electron chi connectivity index (χ0n) is 29.9. The van der Waals surface area contributed by atoms with Gasteiger partial charge in [0.25, 0.3) is 0 Å². The van der Waals surface area contributed by atoms with E-state index in [1.165, 1.54) is 128 Å². The highest BCUT2D eigenvalue weighted by Crippen LogP contribution is 2.49. The van der Waals surface area contributed by atoms with Crippen molar-refractivity contribution >= 4 is 5.97 Å². The van der Waals surface area contributed by atoms with Gasteiger partial charge in [-0.25, -0.2) is 4.79 Å². The first-order valence-corrected chi connectivity index (χ1v) is 19.6. The average molecular weight is 643 g/mol. The summed E-state index contributed by atoms with van der Waals surface area (Å²) in [5.74, 6) is 7.24. The molecule has 5 nitrogen and oxygen atoms in total. The molecule has 46 heavy (non-hydrogen) atoms. The molecule has 0 aliphatic heterocycles. The van der Waals surface area contributed by atoms with Gasteiger partial charge >= 0.3 is 5.97 Å². The molecular formula is C41H70O5. The summed E-state index contributed by atoms with van der Waals surface area (Å²) in [6.45, 7) is 12.8. The van der Waals surface area contributed by atoms with E-state index in [0.717, 1.165) is 41.4 Å². The minimum absolute atomic E-state index is 0.0779. The molecule has 0 aromatic carbocycles. The van der Waals surface area contributed by atoms with Crippen molar-refractivity contribution in [2.75, 3.05) is 33.2 Å². The van der Waals surface area contributed by atoms with E-state index in [2.05, 4.69) is 20.1 Å². The Morgan fingerprint density at radius 2 is 1.17 bits per heavy atom. The highest BCUT2D eigenvalue weighted by atomic mass is 16.7. The van der Waals surface area contributed by atoms with Crippen LogP contribution in [-0.2, 0) is 19.0 Å². The maximum absolute atomic E-state index is 12.1. The van der Waals surface area contributed by atoms with E-state index in [4.69, 9.17) is 19.3 Å². The lowest BCUT2D eigenvalue weighted by Gasteiger charge is -2.43. The van der Waals surface area contributed by atoms with Crippen molar-refractivity contribution in [1.82, 2.24) is 0 Å². The van der Waals surface area contributed by atoms with E-state index in [0.29, 0.717) is 36.9 Å². The zero-order chi connectivity index (χ0) is 32.7. The number of rotatable bonds is 18. The number of unbranched alkanes of at least 4 members (excludes halogenated alkanes) is 2. The highest BCUT2D eigenvalue weighted by Gasteiger charge is 2.37. The fourth-order valence-electron chi connectivity index (χ4n) is 10.0. The Labute approximate surface area is 282 Å². The Hall–Kier alpha value is -1.17. The molecule has 0 bridgehead atoms. The van der Waals surface area contributed by atoms with Crippen LogP contribution in [0.25, 0.3) is 0 Å². The molecule has 4 fully saturated rings. The van der Waals surface area contributed by atoms with Gasteiger partial charge in [0.15, 0.2) is 0 Å². The van der Waals surface area contributed by atoms with Gasteiger partial charge in [0, 0.05) is 11.5 Å². The number of hydrogen-bond acceptors (Lipinski definition) is 5. The molecule has 0 saturated heterocycles. The van der Waals surface area contributed by atoms with Crippen molar-refractivity contribution < 1.29 is 24.1 Å². The first kappa shape index (κ1) is 37.6. The number of aliphatic hydroxyl groups is 1. The van der Waals surface area contributed by atoms with Crippen LogP contribution in [0.4, 0.5) is 0 Å². The summed E-state index contributed by atoms with van der Waals surface area (Å²) in [6.07, 6.45) is 28.8. The predicted octanol–water partition coefficient (Wildman–Crippen LogP) is 10.1. The van der Waals surface area contributed by atoms with Crippen molar-refractivity contribution in [3.63, 3.8) is 0 Å². The van der Waals surface area contributed by atoms with E-state index in [1.54, 1.807) is 6.92 Å². The van der Waals surface area contributed by atoms with Crippen LogP contribution in [0.5, 0.6) is 0 Å². The Morgan fingerprint density at radius 3 is 1.63 bits per heavy atom. The van der Waals surface area contributed by atoms with Gasteiger partial charge < -0.3 is 19.3 Å². The third-order valence-electron chi connectivity index (χ3n) is 13.0. The zero-order valence-corrected chi connectivity index (χ0v) is 29.9. The summed E-state index contributed by atoms with van der Waals surface area (Å²) >= 11 is 0. The maximum Gasteiger partial charge on any atom is 0.333 e. The van der Waals surface area contributed by atoms with Crippen LogP contribution in [0.1, 0.15) is 142 Å². The van der Waals surface area contributed by atoms with Gasteiger partial charge in [-0.2, -0.15) is 0 Å². The molecule has 264 valence electrons. The smallest absolute Gasteiger partial charge is 0.333 e. The van der Waals surface area contributed by atoms with E-state index in [-0.39, 0.29) is 25.3 Å². The fourth-order valence-corrected chi connectivity index (χ4v) is 10.0. The summed E-state index contributed by atoms with van der Waals surface area (Å²) < 4.78 is 16.9. The van der Waals surface area contributed by atoms with Crippen molar-refractivity contribution in [2.24, 2.45) is 53.3 Å². The molecule has 0 radical (unpaired) electrons. The standard InChI is InChI=1S/C41H70O5/c1-5-6-7-8-32-9-11-33(12-10-32)34-13-15-35(16-14-34)36-17-19-37(20-18-36)38-21-23-39(24-22-38)40(28-46-41(43)30(2)3)27-45-29-44-26-31(4)25-42/h32-40,42H,2,4-29H2,1,3H3. The number of esters is 1. The van der Waals surface area contributed by atoms with E-state index in [9.17, 15) is 4.79 Å². The number of hydrogen-bond donors (Lipinski definition) is 1. The SMILES string of the molecule is C=C(CO)COCOCC(COC(=O)C(=C)C)C1CCC(C2CCC(C3CCC(C4CCC(CCCCC)CC4)CC3)CC2)CC1. The van der Waals surface area contributed by atoms with Crippen molar-refractivity contribution in [3.8, 4) is 0 Å². The molecule has 4 saturated carbocycles. The molecule has 0 heterocycles. The fraction of sp³-hybridized carbons (Fsp3) is 0.878. The molecule has 5 heteroatoms. The molecule has 1 unspecified atom stereocenters. The summed E-state index contributed by atoms with van der Waals surface area (Å²) in [7, 11) is 0. The first-order chi connectivity index (χ1) is 22.4. The quantitative estimate of drug-likeness (QED) is 0.0530. The molecule has 0 spiro atoms. The van der Waals surface area contributed by atoms with E-state index < -0.39 is 0 Å². The second-order valence-corrected chi connectivity index (χ2v) is 16.2. The molecule has 4 aliphatic rings. The van der Waals surface area contributed by atoms with Crippen LogP contribution < -0.4 is 0 Å². The monoisotopic (exact) mass is 643 g/mol. The second-order valence-electron chi connectivity index (χ2n) is 16.2. The number of carbonyl (C=O) groups is 1. The predicted molar refractivity (Wildman–Crippen MR) is 188 cm³/mol. The summed E-state index contributed by atoms with van der Waals surface area (Å²) in [6, 6.07) is 0. The third-order valence-corrected chi connectivity index (χ3v) is 13.0. The summed E-state index contributed by atoms with van der Waals surface area (Å²) in [5.41, 5.74) is 1.07. The van der Waals surface area contributed by atoms with Gasteiger partial charge in [0.2, 0.25) is 0 Å². The van der Waals surface area contributed by atoms with Crippen LogP contribution in [0.2, 0.25) is 0 Å². The van der Waals surface area contributed by atoms with Gasteiger partial charge in [-0.05, 0) is 150 Å². The molecule has 0 aromatic rings. The maximum atomic E-state index is 12.1. The molecule has 1 atom stereocenters. The van der Waals surface area contributed by atoms with E-state index >= 15 is 0 Å². The Morgan fingerprint density at radius 1 is 0.696 bits per heavy atom. The molecule has 0 amide bonds. The average Bonchev–Trinajstić information content (AvgIpc) is 3.10. The van der Waals surface area contributed by atoms with Gasteiger partial charge in [0.1, 0.15) is 6.79 Å². The van der Waals surface area contributed by atoms with Crippen molar-refractivity contribution in [2.45, 2.75) is 142 Å². The van der Waals surface area contributed by atoms with Crippen molar-refractivity contribution in [3.05, 3.63) is 24.3 Å². The summed E-state index contributed by atoms with van der Waals surface area (Å²) in [4.78, 5) is 12.1. The van der Waals surface area contributed by atoms with Crippen molar-refractivity contribution in [1.29, 1.82) is 0 Å². The topological polar surface area (TPSA) is 65.0 Å². The molecule has 4 rings (SSSR count). The second kappa shape index (κ2) is 20.4. The normalized spacial score (nSPS) is 32.8. The Bertz CT molecular complexity index is 883. The lowest BCUT2D eigenvalue weighted by atomic mass is 9.62. The van der Waals surface area contributed by atoms with Gasteiger partial charge in [-0.15, -0.1) is 0 Å². The Balaban J connectivity index is 1.13. The van der Waals surface area contributed by atoms with Crippen LogP contribution >= 0.6 is 0 Å². The largest absolute Gasteiger partial charge is 0.462 e. The van der Waals surface area contributed by atoms with E-state index in [1.807, 2.05) is 0 Å². The van der Waals surface area contributed by atoms with Gasteiger partial charge in [-0.1, -0.05) is 58.6 Å². The molecule has 4 aliphatic carbocycles. The summed E-state index contributed by atoms with van der Waals surface area (Å²) in [5, 5.41) is 9.11. The molecular weight excluding hydrogens is 572 g/mol. The van der Waals surface area contributed by atoms with Gasteiger partial charge in [0.05, 0.1) is 26.4 Å². The minimum Gasteiger partial charge on any atom is -0.462 e.